The second-order valence-corrected chi connectivity index (χ2v) is 6.32. The third-order valence-corrected chi connectivity index (χ3v) is 4.36. The fraction of sp³-hybridized carbons (Fsp3) is 0.562. The predicted octanol–water partition coefficient (Wildman–Crippen LogP) is 3.12. The lowest BCUT2D eigenvalue weighted by atomic mass is 10.1. The van der Waals surface area contributed by atoms with Crippen molar-refractivity contribution in [2.45, 2.75) is 32.1 Å². The van der Waals surface area contributed by atoms with Crippen molar-refractivity contribution >= 4 is 17.4 Å². The molecule has 0 amide bonds. The normalized spacial score (nSPS) is 22.3. The summed E-state index contributed by atoms with van der Waals surface area (Å²) >= 11 is 5.96. The predicted molar refractivity (Wildman–Crippen MR) is 80.8 cm³/mol. The summed E-state index contributed by atoms with van der Waals surface area (Å²) in [5, 5.41) is 0.154. The molecule has 1 aromatic carbocycles. The van der Waals surface area contributed by atoms with Crippen LogP contribution in [0.5, 0.6) is 5.75 Å². The Morgan fingerprint density at radius 2 is 2.22 bits per heavy atom. The number of alkyl halides is 2. The van der Waals surface area contributed by atoms with Gasteiger partial charge in [0, 0.05) is 25.6 Å². The molecule has 1 saturated carbocycles. The van der Waals surface area contributed by atoms with Crippen LogP contribution in [0.25, 0.3) is 0 Å². The van der Waals surface area contributed by atoms with Crippen LogP contribution in [0, 0.1) is 5.92 Å². The maximum absolute atomic E-state index is 12.2. The molecule has 3 rings (SSSR count). The molecule has 2 aliphatic rings. The third-order valence-electron chi connectivity index (χ3n) is 4.07. The van der Waals surface area contributed by atoms with Crippen molar-refractivity contribution in [3.8, 4) is 5.75 Å². The van der Waals surface area contributed by atoms with Gasteiger partial charge < -0.3 is 9.47 Å². The summed E-state index contributed by atoms with van der Waals surface area (Å²) in [6.07, 6.45) is 1.59. The van der Waals surface area contributed by atoms with Crippen LogP contribution in [0.2, 0.25) is 5.02 Å². The molecule has 1 aromatic rings. The molecular weight excluding hydrogens is 328 g/mol. The molecule has 0 radical (unpaired) electrons. The number of ketones is 1. The lowest BCUT2D eigenvalue weighted by Crippen LogP contribution is -2.46. The number of carbonyl (C=O) groups is 1. The van der Waals surface area contributed by atoms with E-state index in [1.54, 1.807) is 12.1 Å². The highest BCUT2D eigenvalue weighted by Crippen LogP contribution is 2.32. The first-order chi connectivity index (χ1) is 11.0. The molecule has 0 N–H and O–H groups in total. The first kappa shape index (κ1) is 16.6. The maximum Gasteiger partial charge on any atom is 0.387 e. The molecular formula is C16H18ClF2NO3. The van der Waals surface area contributed by atoms with Crippen LogP contribution in [0.3, 0.4) is 0 Å². The summed E-state index contributed by atoms with van der Waals surface area (Å²) in [6, 6.07) is 4.76. The molecule has 4 nitrogen and oxygen atoms in total. The summed E-state index contributed by atoms with van der Waals surface area (Å²) < 4.78 is 34.4. The quantitative estimate of drug-likeness (QED) is 0.794. The number of Topliss-reactive ketones (excluding diaryl/α,β-unsaturated/α-hetero) is 1. The van der Waals surface area contributed by atoms with Gasteiger partial charge in [0.15, 0.2) is 5.78 Å². The number of benzene rings is 1. The van der Waals surface area contributed by atoms with Crippen LogP contribution in [-0.2, 0) is 16.1 Å². The summed E-state index contributed by atoms with van der Waals surface area (Å²) in [5.41, 5.74) is 0.885. The summed E-state index contributed by atoms with van der Waals surface area (Å²) in [5.74, 6) is 0.350. The van der Waals surface area contributed by atoms with Gasteiger partial charge in [0.05, 0.1) is 11.6 Å². The summed E-state index contributed by atoms with van der Waals surface area (Å²) in [4.78, 5) is 14.2. The maximum atomic E-state index is 12.2. The Balaban J connectivity index is 1.60. The third kappa shape index (κ3) is 4.40. The van der Waals surface area contributed by atoms with Gasteiger partial charge >= 0.3 is 6.61 Å². The Labute approximate surface area is 138 Å². The zero-order chi connectivity index (χ0) is 16.4. The highest BCUT2D eigenvalue weighted by molar-refractivity contribution is 6.32. The van der Waals surface area contributed by atoms with Crippen LogP contribution in [-0.4, -0.2) is 43.1 Å². The Kier molecular flexibility index (Phi) is 5.14. The van der Waals surface area contributed by atoms with E-state index in [9.17, 15) is 13.6 Å². The van der Waals surface area contributed by atoms with Crippen molar-refractivity contribution in [1.29, 1.82) is 0 Å². The van der Waals surface area contributed by atoms with Crippen molar-refractivity contribution < 1.29 is 23.0 Å². The number of hydrogen-bond donors (Lipinski definition) is 0. The van der Waals surface area contributed by atoms with Crippen LogP contribution in [0.1, 0.15) is 18.4 Å². The molecule has 1 aliphatic heterocycles. The standard InChI is InChI=1S/C16H18ClF2NO3/c17-12-7-10(1-4-13(12)23-16(18)19)8-20-5-6-22-14(9-20)15(21)11-2-3-11/h1,4,7,11,14,16H,2-3,5-6,8-9H2/t14-/m0/s1. The van der Waals surface area contributed by atoms with E-state index in [0.29, 0.717) is 19.7 Å². The molecule has 1 heterocycles. The van der Waals surface area contributed by atoms with Gasteiger partial charge in [0.2, 0.25) is 0 Å². The molecule has 126 valence electrons. The Hall–Kier alpha value is -1.24. The van der Waals surface area contributed by atoms with Gasteiger partial charge in [-0.2, -0.15) is 8.78 Å². The molecule has 7 heteroatoms. The molecule has 2 fully saturated rings. The second kappa shape index (κ2) is 7.11. The summed E-state index contributed by atoms with van der Waals surface area (Å²) in [6.45, 7) is -0.508. The fourth-order valence-electron chi connectivity index (χ4n) is 2.74. The lowest BCUT2D eigenvalue weighted by molar-refractivity contribution is -0.137. The minimum atomic E-state index is -2.90. The van der Waals surface area contributed by atoms with Gasteiger partial charge in [-0.15, -0.1) is 0 Å². The Morgan fingerprint density at radius 3 is 2.87 bits per heavy atom. The van der Waals surface area contributed by atoms with E-state index in [1.807, 2.05) is 0 Å². The van der Waals surface area contributed by atoms with Gasteiger partial charge in [-0.1, -0.05) is 17.7 Å². The molecule has 0 aromatic heterocycles. The minimum absolute atomic E-state index is 0.0332. The number of carbonyl (C=O) groups excluding carboxylic acids is 1. The number of hydrogen-bond acceptors (Lipinski definition) is 4. The second-order valence-electron chi connectivity index (χ2n) is 5.91. The minimum Gasteiger partial charge on any atom is -0.433 e. The first-order valence-electron chi connectivity index (χ1n) is 7.64. The number of halogens is 3. The van der Waals surface area contributed by atoms with E-state index in [1.165, 1.54) is 6.07 Å². The SMILES string of the molecule is O=C(C1CC1)[C@@H]1CN(Cc2ccc(OC(F)F)c(Cl)c2)CCO1. The Bertz CT molecular complexity index is 580. The highest BCUT2D eigenvalue weighted by Gasteiger charge is 2.37. The van der Waals surface area contributed by atoms with E-state index in [2.05, 4.69) is 9.64 Å². The van der Waals surface area contributed by atoms with Gasteiger partial charge in [-0.25, -0.2) is 0 Å². The van der Waals surface area contributed by atoms with Crippen LogP contribution in [0.15, 0.2) is 18.2 Å². The number of ether oxygens (including phenoxy) is 2. The van der Waals surface area contributed by atoms with Gasteiger partial charge in [0.25, 0.3) is 0 Å². The Morgan fingerprint density at radius 1 is 1.43 bits per heavy atom. The molecule has 23 heavy (non-hydrogen) atoms. The van der Waals surface area contributed by atoms with Gasteiger partial charge in [-0.3, -0.25) is 9.69 Å². The van der Waals surface area contributed by atoms with Crippen molar-refractivity contribution in [1.82, 2.24) is 4.90 Å². The van der Waals surface area contributed by atoms with Crippen LogP contribution >= 0.6 is 11.6 Å². The smallest absolute Gasteiger partial charge is 0.387 e. The lowest BCUT2D eigenvalue weighted by Gasteiger charge is -2.32. The van der Waals surface area contributed by atoms with Crippen LogP contribution < -0.4 is 4.74 Å². The zero-order valence-corrected chi connectivity index (χ0v) is 13.3. The van der Waals surface area contributed by atoms with E-state index in [-0.39, 0.29) is 28.6 Å². The van der Waals surface area contributed by atoms with Crippen molar-refractivity contribution in [3.05, 3.63) is 28.8 Å². The van der Waals surface area contributed by atoms with Gasteiger partial charge in [-0.05, 0) is 30.5 Å². The molecule has 0 spiro atoms. The number of rotatable bonds is 6. The molecule has 0 unspecified atom stereocenters. The molecule has 1 saturated heterocycles. The molecule has 0 bridgehead atoms. The number of nitrogens with zero attached hydrogens (tertiary/aromatic N) is 1. The average Bonchev–Trinajstić information content (AvgIpc) is 3.34. The molecule has 1 aliphatic carbocycles. The average molecular weight is 346 g/mol. The van der Waals surface area contributed by atoms with E-state index in [4.69, 9.17) is 16.3 Å². The van der Waals surface area contributed by atoms with Crippen molar-refractivity contribution in [3.63, 3.8) is 0 Å². The van der Waals surface area contributed by atoms with Crippen molar-refractivity contribution in [2.75, 3.05) is 19.7 Å². The van der Waals surface area contributed by atoms with E-state index < -0.39 is 6.61 Å². The fourth-order valence-corrected chi connectivity index (χ4v) is 2.99. The molecule has 1 atom stereocenters. The van der Waals surface area contributed by atoms with E-state index in [0.717, 1.165) is 24.9 Å². The topological polar surface area (TPSA) is 38.8 Å². The van der Waals surface area contributed by atoms with E-state index >= 15 is 0 Å². The van der Waals surface area contributed by atoms with Gasteiger partial charge in [0.1, 0.15) is 11.9 Å². The monoisotopic (exact) mass is 345 g/mol. The van der Waals surface area contributed by atoms with Crippen LogP contribution in [0.4, 0.5) is 8.78 Å². The van der Waals surface area contributed by atoms with Crippen molar-refractivity contribution in [2.24, 2.45) is 5.92 Å². The highest BCUT2D eigenvalue weighted by atomic mass is 35.5. The number of morpholine rings is 1. The summed E-state index contributed by atoms with van der Waals surface area (Å²) in [7, 11) is 0. The zero-order valence-electron chi connectivity index (χ0n) is 12.5. The first-order valence-corrected chi connectivity index (χ1v) is 8.01. The largest absolute Gasteiger partial charge is 0.433 e.